The minimum Gasteiger partial charge on any atom is -0.494 e. The van der Waals surface area contributed by atoms with Crippen LogP contribution in [0.25, 0.3) is 0 Å². The Kier molecular flexibility index (Phi) is 6.97. The SMILES string of the molecule is CCOc1ccc(S(=O)(=O)NC[C@@H](c2cccs2)S(=O)(=O)c2ccc(C)cc2)cc1. The van der Waals surface area contributed by atoms with Gasteiger partial charge in [0.05, 0.1) is 16.4 Å². The zero-order valence-electron chi connectivity index (χ0n) is 16.6. The molecule has 3 aromatic rings. The van der Waals surface area contributed by atoms with Crippen molar-refractivity contribution >= 4 is 31.2 Å². The third kappa shape index (κ3) is 5.10. The fraction of sp³-hybridized carbons (Fsp3) is 0.238. The number of benzene rings is 2. The van der Waals surface area contributed by atoms with Crippen molar-refractivity contribution in [3.05, 3.63) is 76.5 Å². The number of thiophene rings is 1. The number of sulfone groups is 1. The summed E-state index contributed by atoms with van der Waals surface area (Å²) in [6, 6.07) is 16.0. The number of sulfonamides is 1. The lowest BCUT2D eigenvalue weighted by Crippen LogP contribution is -2.31. The van der Waals surface area contributed by atoms with Gasteiger partial charge in [-0.2, -0.15) is 0 Å². The van der Waals surface area contributed by atoms with Gasteiger partial charge in [-0.15, -0.1) is 11.3 Å². The summed E-state index contributed by atoms with van der Waals surface area (Å²) >= 11 is 1.28. The monoisotopic (exact) mass is 465 g/mol. The predicted octanol–water partition coefficient (Wildman–Crippen LogP) is 3.95. The molecule has 6 nitrogen and oxygen atoms in total. The van der Waals surface area contributed by atoms with E-state index < -0.39 is 25.1 Å². The summed E-state index contributed by atoms with van der Waals surface area (Å²) in [5.74, 6) is 0.565. The van der Waals surface area contributed by atoms with Crippen LogP contribution in [0, 0.1) is 6.92 Å². The van der Waals surface area contributed by atoms with Crippen LogP contribution < -0.4 is 9.46 Å². The number of hydrogen-bond donors (Lipinski definition) is 1. The highest BCUT2D eigenvalue weighted by molar-refractivity contribution is 7.92. The molecular weight excluding hydrogens is 442 g/mol. The van der Waals surface area contributed by atoms with Crippen molar-refractivity contribution in [2.75, 3.05) is 13.2 Å². The highest BCUT2D eigenvalue weighted by atomic mass is 32.2. The molecule has 30 heavy (non-hydrogen) atoms. The molecule has 3 rings (SSSR count). The molecule has 0 spiro atoms. The molecule has 0 fully saturated rings. The van der Waals surface area contributed by atoms with E-state index in [-0.39, 0.29) is 16.3 Å². The summed E-state index contributed by atoms with van der Waals surface area (Å²) in [6.07, 6.45) is 0. The van der Waals surface area contributed by atoms with Crippen LogP contribution in [-0.2, 0) is 19.9 Å². The van der Waals surface area contributed by atoms with Gasteiger partial charge in [0.1, 0.15) is 11.0 Å². The normalized spacial score (nSPS) is 13.1. The number of nitrogens with one attached hydrogen (secondary N) is 1. The van der Waals surface area contributed by atoms with Gasteiger partial charge in [0.2, 0.25) is 10.0 Å². The molecule has 1 N–H and O–H groups in total. The Balaban J connectivity index is 1.86. The molecule has 0 aliphatic carbocycles. The van der Waals surface area contributed by atoms with E-state index in [9.17, 15) is 16.8 Å². The molecule has 0 amide bonds. The molecule has 0 bridgehead atoms. The van der Waals surface area contributed by atoms with Gasteiger partial charge in [0.25, 0.3) is 0 Å². The largest absolute Gasteiger partial charge is 0.494 e. The molecule has 1 aromatic heterocycles. The van der Waals surface area contributed by atoms with Crippen LogP contribution in [0.3, 0.4) is 0 Å². The van der Waals surface area contributed by atoms with Crippen molar-refractivity contribution in [1.29, 1.82) is 0 Å². The lowest BCUT2D eigenvalue weighted by atomic mass is 10.2. The Morgan fingerprint density at radius 1 is 0.933 bits per heavy atom. The van der Waals surface area contributed by atoms with Crippen molar-refractivity contribution in [1.82, 2.24) is 4.72 Å². The van der Waals surface area contributed by atoms with Gasteiger partial charge in [-0.25, -0.2) is 21.6 Å². The average molecular weight is 466 g/mol. The van der Waals surface area contributed by atoms with E-state index in [1.54, 1.807) is 53.9 Å². The zero-order chi connectivity index (χ0) is 21.8. The topological polar surface area (TPSA) is 89.5 Å². The molecule has 0 saturated carbocycles. The van der Waals surface area contributed by atoms with Crippen LogP contribution in [0.5, 0.6) is 5.75 Å². The third-order valence-electron chi connectivity index (χ3n) is 4.49. The van der Waals surface area contributed by atoms with Crippen molar-refractivity contribution < 1.29 is 21.6 Å². The minimum atomic E-state index is -3.89. The Morgan fingerprint density at radius 2 is 1.57 bits per heavy atom. The maximum Gasteiger partial charge on any atom is 0.240 e. The molecule has 0 aliphatic rings. The van der Waals surface area contributed by atoms with E-state index in [4.69, 9.17) is 4.74 Å². The maximum absolute atomic E-state index is 13.3. The Hall–Kier alpha value is -2.20. The van der Waals surface area contributed by atoms with Crippen molar-refractivity contribution in [2.45, 2.75) is 28.9 Å². The first kappa shape index (κ1) is 22.5. The first-order valence-electron chi connectivity index (χ1n) is 9.30. The number of aryl methyl sites for hydroxylation is 1. The Morgan fingerprint density at radius 3 is 2.13 bits per heavy atom. The van der Waals surface area contributed by atoms with Crippen LogP contribution in [0.1, 0.15) is 22.6 Å². The highest BCUT2D eigenvalue weighted by Crippen LogP contribution is 2.32. The molecule has 2 aromatic carbocycles. The van der Waals surface area contributed by atoms with E-state index in [2.05, 4.69) is 4.72 Å². The Labute approximate surface area is 181 Å². The molecule has 1 atom stereocenters. The first-order valence-corrected chi connectivity index (χ1v) is 13.2. The molecular formula is C21H23NO5S3. The van der Waals surface area contributed by atoms with Gasteiger partial charge in [-0.05, 0) is 61.7 Å². The van der Waals surface area contributed by atoms with Crippen molar-refractivity contribution in [3.63, 3.8) is 0 Å². The molecule has 1 heterocycles. The van der Waals surface area contributed by atoms with E-state index in [0.29, 0.717) is 17.2 Å². The van der Waals surface area contributed by atoms with Crippen LogP contribution in [0.2, 0.25) is 0 Å². The van der Waals surface area contributed by atoms with Gasteiger partial charge >= 0.3 is 0 Å². The molecule has 160 valence electrons. The quantitative estimate of drug-likeness (QED) is 0.517. The lowest BCUT2D eigenvalue weighted by molar-refractivity contribution is 0.340. The van der Waals surface area contributed by atoms with Gasteiger partial charge in [-0.1, -0.05) is 23.8 Å². The lowest BCUT2D eigenvalue weighted by Gasteiger charge is -2.18. The molecule has 0 radical (unpaired) electrons. The zero-order valence-corrected chi connectivity index (χ0v) is 19.1. The van der Waals surface area contributed by atoms with Gasteiger partial charge < -0.3 is 4.74 Å². The predicted molar refractivity (Wildman–Crippen MR) is 118 cm³/mol. The first-order chi connectivity index (χ1) is 14.2. The number of rotatable bonds is 9. The average Bonchev–Trinajstić information content (AvgIpc) is 3.23. The van der Waals surface area contributed by atoms with Crippen molar-refractivity contribution in [2.24, 2.45) is 0 Å². The van der Waals surface area contributed by atoms with Crippen molar-refractivity contribution in [3.8, 4) is 5.75 Å². The summed E-state index contributed by atoms with van der Waals surface area (Å²) in [4.78, 5) is 0.778. The fourth-order valence-electron chi connectivity index (χ4n) is 2.88. The fourth-order valence-corrected chi connectivity index (χ4v) is 6.82. The Bertz CT molecular complexity index is 1170. The molecule has 0 aliphatic heterocycles. The highest BCUT2D eigenvalue weighted by Gasteiger charge is 2.31. The van der Waals surface area contributed by atoms with Gasteiger partial charge in [0.15, 0.2) is 9.84 Å². The molecule has 9 heteroatoms. The third-order valence-corrected chi connectivity index (χ3v) is 9.16. The second-order valence-corrected chi connectivity index (χ2v) is 11.5. The van der Waals surface area contributed by atoms with E-state index in [1.807, 2.05) is 13.8 Å². The standard InChI is InChI=1S/C21H23NO5S3/c1-3-27-17-8-12-19(13-9-17)30(25,26)22-15-21(20-5-4-14-28-20)29(23,24)18-10-6-16(2)7-11-18/h4-14,21-22H,3,15H2,1-2H3/t21-/m0/s1. The van der Waals surface area contributed by atoms with E-state index in [0.717, 1.165) is 5.56 Å². The molecule has 0 unspecified atom stereocenters. The summed E-state index contributed by atoms with van der Waals surface area (Å²) in [5, 5.41) is 0.742. The second kappa shape index (κ2) is 9.30. The second-order valence-electron chi connectivity index (χ2n) is 6.62. The summed E-state index contributed by atoms with van der Waals surface area (Å²) < 4.78 is 59.8. The van der Waals surface area contributed by atoms with Crippen LogP contribution >= 0.6 is 11.3 Å². The smallest absolute Gasteiger partial charge is 0.240 e. The minimum absolute atomic E-state index is 0.0450. The molecule has 0 saturated heterocycles. The summed E-state index contributed by atoms with van der Waals surface area (Å²) in [7, 11) is -7.69. The number of ether oxygens (including phenoxy) is 1. The summed E-state index contributed by atoms with van der Waals surface area (Å²) in [6.45, 7) is 3.92. The van der Waals surface area contributed by atoms with E-state index >= 15 is 0 Å². The maximum atomic E-state index is 13.3. The van der Waals surface area contributed by atoms with Gasteiger partial charge in [-0.3, -0.25) is 0 Å². The number of hydrogen-bond acceptors (Lipinski definition) is 6. The van der Waals surface area contributed by atoms with Crippen LogP contribution in [0.4, 0.5) is 0 Å². The van der Waals surface area contributed by atoms with Gasteiger partial charge in [0, 0.05) is 11.4 Å². The van der Waals surface area contributed by atoms with Crippen LogP contribution in [-0.4, -0.2) is 30.0 Å². The van der Waals surface area contributed by atoms with Crippen LogP contribution in [0.15, 0.2) is 75.8 Å². The summed E-state index contributed by atoms with van der Waals surface area (Å²) in [5.41, 5.74) is 0.942. The van der Waals surface area contributed by atoms with E-state index in [1.165, 1.54) is 23.5 Å².